The van der Waals surface area contributed by atoms with Gasteiger partial charge in [0.25, 0.3) is 5.97 Å². The molecular formula is C7H13NO4. The molecule has 0 heterocycles. The van der Waals surface area contributed by atoms with Gasteiger partial charge >= 0.3 is 0 Å². The first-order valence-electron chi connectivity index (χ1n) is 3.38. The number of carbonyl (C=O) groups excluding carboxylic acids is 1. The van der Waals surface area contributed by atoms with Gasteiger partial charge < -0.3 is 20.6 Å². The van der Waals surface area contributed by atoms with Crippen molar-refractivity contribution in [1.82, 2.24) is 5.32 Å². The van der Waals surface area contributed by atoms with Gasteiger partial charge in [-0.25, -0.2) is 0 Å². The van der Waals surface area contributed by atoms with Crippen molar-refractivity contribution in [2.24, 2.45) is 0 Å². The Kier molecular flexibility index (Phi) is 3.38. The SMILES string of the molecule is C=C(C)C(=O)NC(C)C(O)(O)O. The lowest BCUT2D eigenvalue weighted by atomic mass is 10.2. The number of nitrogens with one attached hydrogen (secondary N) is 1. The molecule has 1 atom stereocenters. The van der Waals surface area contributed by atoms with Crippen LogP contribution in [0.3, 0.4) is 0 Å². The molecule has 0 rings (SSSR count). The zero-order valence-corrected chi connectivity index (χ0v) is 7.03. The fourth-order valence-corrected chi connectivity index (χ4v) is 0.417. The van der Waals surface area contributed by atoms with Gasteiger partial charge in [0, 0.05) is 5.57 Å². The minimum atomic E-state index is -2.90. The second-order valence-electron chi connectivity index (χ2n) is 2.66. The highest BCUT2D eigenvalue weighted by Crippen LogP contribution is 2.01. The van der Waals surface area contributed by atoms with Gasteiger partial charge in [-0.1, -0.05) is 6.58 Å². The van der Waals surface area contributed by atoms with Crippen LogP contribution in [0.5, 0.6) is 0 Å². The molecule has 1 amide bonds. The van der Waals surface area contributed by atoms with Crippen LogP contribution in [0.25, 0.3) is 0 Å². The Morgan fingerprint density at radius 2 is 1.92 bits per heavy atom. The molecule has 0 aromatic heterocycles. The highest BCUT2D eigenvalue weighted by Gasteiger charge is 2.29. The molecule has 70 valence electrons. The van der Waals surface area contributed by atoms with Crippen LogP contribution >= 0.6 is 0 Å². The lowest BCUT2D eigenvalue weighted by molar-refractivity contribution is -0.323. The number of hydrogen-bond acceptors (Lipinski definition) is 4. The Balaban J connectivity index is 4.11. The van der Waals surface area contributed by atoms with Crippen LogP contribution in [-0.4, -0.2) is 33.2 Å². The van der Waals surface area contributed by atoms with Crippen LogP contribution in [0.15, 0.2) is 12.2 Å². The first-order chi connectivity index (χ1) is 5.25. The summed E-state index contributed by atoms with van der Waals surface area (Å²) in [4.78, 5) is 10.9. The van der Waals surface area contributed by atoms with E-state index in [4.69, 9.17) is 15.3 Å². The fraction of sp³-hybridized carbons (Fsp3) is 0.571. The highest BCUT2D eigenvalue weighted by atomic mass is 16.7. The van der Waals surface area contributed by atoms with Crippen molar-refractivity contribution < 1.29 is 20.1 Å². The number of carbonyl (C=O) groups is 1. The molecule has 0 aliphatic carbocycles. The summed E-state index contributed by atoms with van der Waals surface area (Å²) < 4.78 is 0. The van der Waals surface area contributed by atoms with Gasteiger partial charge in [-0.3, -0.25) is 4.79 Å². The van der Waals surface area contributed by atoms with Crippen LogP contribution < -0.4 is 5.32 Å². The maximum Gasteiger partial charge on any atom is 0.296 e. The van der Waals surface area contributed by atoms with Gasteiger partial charge in [-0.05, 0) is 13.8 Å². The largest absolute Gasteiger partial charge is 0.342 e. The molecule has 0 saturated heterocycles. The zero-order chi connectivity index (χ0) is 9.94. The first-order valence-corrected chi connectivity index (χ1v) is 3.38. The second-order valence-corrected chi connectivity index (χ2v) is 2.66. The van der Waals surface area contributed by atoms with Gasteiger partial charge in [0.05, 0.1) is 0 Å². The maximum absolute atomic E-state index is 10.9. The highest BCUT2D eigenvalue weighted by molar-refractivity contribution is 5.92. The van der Waals surface area contributed by atoms with Crippen molar-refractivity contribution >= 4 is 5.91 Å². The van der Waals surface area contributed by atoms with Crippen molar-refractivity contribution in [3.8, 4) is 0 Å². The van der Waals surface area contributed by atoms with Crippen molar-refractivity contribution in [3.05, 3.63) is 12.2 Å². The van der Waals surface area contributed by atoms with Crippen molar-refractivity contribution in [2.75, 3.05) is 0 Å². The molecule has 5 heteroatoms. The summed E-state index contributed by atoms with van der Waals surface area (Å²) >= 11 is 0. The molecule has 0 bridgehead atoms. The third-order valence-corrected chi connectivity index (χ3v) is 1.32. The average Bonchev–Trinajstić information content (AvgIpc) is 1.85. The van der Waals surface area contributed by atoms with E-state index in [0.29, 0.717) is 0 Å². The Bertz CT molecular complexity index is 194. The van der Waals surface area contributed by atoms with Crippen LogP contribution in [0.2, 0.25) is 0 Å². The second kappa shape index (κ2) is 3.66. The molecule has 0 aliphatic rings. The van der Waals surface area contributed by atoms with Crippen molar-refractivity contribution in [2.45, 2.75) is 25.9 Å². The van der Waals surface area contributed by atoms with E-state index in [-0.39, 0.29) is 5.57 Å². The van der Waals surface area contributed by atoms with Crippen LogP contribution in [0.4, 0.5) is 0 Å². The average molecular weight is 175 g/mol. The number of aliphatic hydroxyl groups is 3. The maximum atomic E-state index is 10.9. The topological polar surface area (TPSA) is 89.8 Å². The van der Waals surface area contributed by atoms with E-state index in [1.807, 2.05) is 0 Å². The van der Waals surface area contributed by atoms with E-state index in [1.165, 1.54) is 13.8 Å². The summed E-state index contributed by atoms with van der Waals surface area (Å²) in [6, 6.07) is -1.17. The lowest BCUT2D eigenvalue weighted by Gasteiger charge is -2.22. The smallest absolute Gasteiger partial charge is 0.296 e. The monoisotopic (exact) mass is 175 g/mol. The minimum absolute atomic E-state index is 0.228. The summed E-state index contributed by atoms with van der Waals surface area (Å²) in [5.74, 6) is -3.44. The first kappa shape index (κ1) is 11.1. The Hall–Kier alpha value is -0.910. The van der Waals surface area contributed by atoms with Gasteiger partial charge in [-0.15, -0.1) is 0 Å². The van der Waals surface area contributed by atoms with Crippen LogP contribution in [0, 0.1) is 0 Å². The summed E-state index contributed by atoms with van der Waals surface area (Å²) in [5.41, 5.74) is 0.228. The standard InChI is InChI=1S/C7H13NO4/c1-4(2)6(9)8-5(3)7(10,11)12/h5,10-12H,1H2,2-3H3,(H,8,9). The molecule has 0 spiro atoms. The minimum Gasteiger partial charge on any atom is -0.342 e. The molecule has 0 radical (unpaired) electrons. The summed E-state index contributed by atoms with van der Waals surface area (Å²) in [6.07, 6.45) is 0. The zero-order valence-electron chi connectivity index (χ0n) is 7.03. The predicted octanol–water partition coefficient (Wildman–Crippen LogP) is -1.30. The molecule has 0 aromatic carbocycles. The number of hydrogen-bond donors (Lipinski definition) is 4. The Morgan fingerprint density at radius 1 is 1.50 bits per heavy atom. The Morgan fingerprint density at radius 3 is 2.17 bits per heavy atom. The molecule has 0 aromatic rings. The van der Waals surface area contributed by atoms with Gasteiger partial charge in [0.2, 0.25) is 5.91 Å². The lowest BCUT2D eigenvalue weighted by Crippen LogP contribution is -2.51. The van der Waals surface area contributed by atoms with Crippen molar-refractivity contribution in [1.29, 1.82) is 0 Å². The van der Waals surface area contributed by atoms with E-state index in [1.54, 1.807) is 0 Å². The molecule has 0 aliphatic heterocycles. The van der Waals surface area contributed by atoms with Crippen LogP contribution in [-0.2, 0) is 4.79 Å². The fourth-order valence-electron chi connectivity index (χ4n) is 0.417. The van der Waals surface area contributed by atoms with E-state index in [2.05, 4.69) is 11.9 Å². The molecule has 0 fully saturated rings. The molecular weight excluding hydrogens is 162 g/mol. The van der Waals surface area contributed by atoms with E-state index < -0.39 is 17.9 Å². The molecule has 12 heavy (non-hydrogen) atoms. The quantitative estimate of drug-likeness (QED) is 0.317. The number of amides is 1. The van der Waals surface area contributed by atoms with Crippen LogP contribution in [0.1, 0.15) is 13.8 Å². The third kappa shape index (κ3) is 3.47. The predicted molar refractivity (Wildman–Crippen MR) is 41.8 cm³/mol. The van der Waals surface area contributed by atoms with E-state index in [0.717, 1.165) is 0 Å². The van der Waals surface area contributed by atoms with Crippen molar-refractivity contribution in [3.63, 3.8) is 0 Å². The van der Waals surface area contributed by atoms with Gasteiger partial charge in [0.15, 0.2) is 0 Å². The molecule has 5 nitrogen and oxygen atoms in total. The summed E-state index contributed by atoms with van der Waals surface area (Å²) in [6.45, 7) is 6.05. The summed E-state index contributed by atoms with van der Waals surface area (Å²) in [5, 5.41) is 27.9. The van der Waals surface area contributed by atoms with E-state index in [9.17, 15) is 4.79 Å². The molecule has 0 saturated carbocycles. The number of rotatable bonds is 3. The van der Waals surface area contributed by atoms with Gasteiger partial charge in [0.1, 0.15) is 6.04 Å². The third-order valence-electron chi connectivity index (χ3n) is 1.32. The van der Waals surface area contributed by atoms with E-state index >= 15 is 0 Å². The normalized spacial score (nSPS) is 13.8. The Labute approximate surface area is 70.3 Å². The molecule has 4 N–H and O–H groups in total. The summed E-state index contributed by atoms with van der Waals surface area (Å²) in [7, 11) is 0. The van der Waals surface area contributed by atoms with Gasteiger partial charge in [-0.2, -0.15) is 0 Å². The molecule has 1 unspecified atom stereocenters.